The molecule has 5 aromatic carbocycles. The maximum atomic E-state index is 4.78. The first-order valence-electron chi connectivity index (χ1n) is 44.8. The number of aryl methyl sites for hydroxylation is 2. The van der Waals surface area contributed by atoms with E-state index in [1.807, 2.05) is 183 Å². The zero-order chi connectivity index (χ0) is 94.2. The molecule has 140 heavy (non-hydrogen) atoms. The maximum absolute atomic E-state index is 4.78. The standard InChI is InChI=1S/C22H16N6S.C22H18N6S.C21H16N6S.C21H14N6.C20H14N6S/c1-2-14(1)22-27-18-4-3-15(11-19(18)29-22)26-17-7-10-24-21-16(17)12-25-20(28-21)13-5-8-23-9-6-13;1-13(2)22-26-17-6-5-15(12-18(17)29-22)25-21-16-4-3-9-24-20(16)27-19(28-21)14-7-10-23-11-8-14;1-2-18-25-16-6-5-14(12-17(16)28-18)24-21-15-4-3-9-23-20(15)26-19(27-21)13-7-10-22-11-8-13;1-2-15-12-16(3-4-18(15)24-8-1)25-21-17-13-23-11-7-19(17)26-20(27-21)14-5-9-22-10-6-14;1-12-23-16-5-4-14(11-17(16)27-12)24-20-15-3-2-8-22-19(15)25-18(26-20)13-6-9-21-10-7-13/h3-12,14H,1-2H2,(H,24,25,26,28);3-13H,1-2H3,(H,24,25,27,28);3-12H,2H2,1H3,(H,23,24,26,27);1-13H,(H,25,26,27);2-11H,1H3,(H,22,24,25,26). The lowest BCUT2D eigenvalue weighted by atomic mass is 10.2. The van der Waals surface area contributed by atoms with E-state index in [0.717, 1.165) is 180 Å². The number of nitrogens with zero attached hydrogens (tertiary/aromatic N) is 25. The normalized spacial score (nSPS) is 11.7. The van der Waals surface area contributed by atoms with E-state index in [-0.39, 0.29) is 0 Å². The summed E-state index contributed by atoms with van der Waals surface area (Å²) >= 11 is 6.93. The Balaban J connectivity index is 0.000000101. The van der Waals surface area contributed by atoms with Gasteiger partial charge in [-0.3, -0.25) is 34.9 Å². The Hall–Kier alpha value is -17.7. The van der Waals surface area contributed by atoms with Crippen molar-refractivity contribution in [2.24, 2.45) is 0 Å². The van der Waals surface area contributed by atoms with Gasteiger partial charge in [-0.25, -0.2) is 89.7 Å². The smallest absolute Gasteiger partial charge is 0.165 e. The van der Waals surface area contributed by atoms with Crippen LogP contribution >= 0.6 is 45.3 Å². The predicted molar refractivity (Wildman–Crippen MR) is 560 cm³/mol. The molecule has 0 unspecified atom stereocenters. The van der Waals surface area contributed by atoms with Gasteiger partial charge in [-0.2, -0.15) is 0 Å². The summed E-state index contributed by atoms with van der Waals surface area (Å²) in [5.74, 6) is 7.11. The first-order chi connectivity index (χ1) is 68.9. The van der Waals surface area contributed by atoms with E-state index in [1.54, 1.807) is 151 Å². The first kappa shape index (κ1) is 87.6. The van der Waals surface area contributed by atoms with E-state index < -0.39 is 0 Å². The van der Waals surface area contributed by atoms with Gasteiger partial charge in [-0.1, -0.05) is 26.8 Å². The molecule has 30 nitrogen and oxygen atoms in total. The summed E-state index contributed by atoms with van der Waals surface area (Å²) in [5.41, 5.74) is 18.8. The number of fused-ring (bicyclic) bond motifs is 10. The number of aromatic nitrogens is 25. The van der Waals surface area contributed by atoms with Crippen molar-refractivity contribution in [3.8, 4) is 56.9 Å². The molecule has 5 N–H and O–H groups in total. The van der Waals surface area contributed by atoms with Gasteiger partial charge in [0.15, 0.2) is 51.7 Å². The Morgan fingerprint density at radius 2 is 0.693 bits per heavy atom. The molecule has 1 aliphatic rings. The molecule has 1 aliphatic carbocycles. The first-order valence-corrected chi connectivity index (χ1v) is 48.1. The minimum Gasteiger partial charge on any atom is -0.355 e. The fourth-order valence-electron chi connectivity index (χ4n) is 15.4. The van der Waals surface area contributed by atoms with Crippen LogP contribution in [0.3, 0.4) is 0 Å². The van der Waals surface area contributed by atoms with Gasteiger partial charge in [0.05, 0.1) is 105 Å². The van der Waals surface area contributed by atoms with Crippen molar-refractivity contribution < 1.29 is 0 Å². The molecule has 0 spiro atoms. The van der Waals surface area contributed by atoms with Crippen LogP contribution in [0.2, 0.25) is 0 Å². The third kappa shape index (κ3) is 19.8. The molecule has 0 atom stereocenters. The highest BCUT2D eigenvalue weighted by molar-refractivity contribution is 7.19. The fourth-order valence-corrected chi connectivity index (χ4v) is 19.4. The summed E-state index contributed by atoms with van der Waals surface area (Å²) < 4.78 is 4.67. The van der Waals surface area contributed by atoms with Crippen LogP contribution in [0, 0.1) is 6.92 Å². The number of hydrogen-bond acceptors (Lipinski definition) is 34. The van der Waals surface area contributed by atoms with E-state index in [9.17, 15) is 0 Å². The third-order valence-corrected chi connectivity index (χ3v) is 27.1. The van der Waals surface area contributed by atoms with Crippen LogP contribution in [-0.4, -0.2) is 125 Å². The van der Waals surface area contributed by atoms with Gasteiger partial charge < -0.3 is 26.6 Å². The molecule has 1 saturated carbocycles. The SMILES string of the molecule is CC(C)c1nc2ccc(Nc3nc(-c4ccncc4)nc4ncccc34)cc2s1.CCc1nc2ccc(Nc3nc(-c4ccncc4)nc4ncccc34)cc2s1.Cc1nc2ccc(Nc3nc(-c4ccncc4)nc4ncccc34)cc2s1.c1cc(-c2ncc3c(Nc4ccc5nc(C6CC6)sc5c4)ccnc3n2)ccn1.c1cnc2ccc(Nc3nc(-c4ccncc4)nc4ccncc34)cc2c1. The Morgan fingerprint density at radius 3 is 1.20 bits per heavy atom. The number of rotatable bonds is 18. The second-order valence-electron chi connectivity index (χ2n) is 32.6. The molecule has 25 aromatic rings. The summed E-state index contributed by atoms with van der Waals surface area (Å²) in [6, 6.07) is 69.2. The van der Waals surface area contributed by atoms with Crippen LogP contribution in [0.1, 0.15) is 65.5 Å². The number of pyridine rings is 11. The number of benzene rings is 5. The highest BCUT2D eigenvalue weighted by Crippen LogP contribution is 2.45. The highest BCUT2D eigenvalue weighted by Gasteiger charge is 2.28. The van der Waals surface area contributed by atoms with Crippen LogP contribution in [0.5, 0.6) is 0 Å². The van der Waals surface area contributed by atoms with E-state index in [2.05, 4.69) is 185 Å². The Kier molecular flexibility index (Phi) is 24.8. The van der Waals surface area contributed by atoms with Gasteiger partial charge in [0.2, 0.25) is 0 Å². The van der Waals surface area contributed by atoms with Crippen LogP contribution in [0.25, 0.3) is 164 Å². The molecular formula is C106H78N30S4. The number of hydrogen-bond donors (Lipinski definition) is 5. The fraction of sp³-hybridized carbons (Fsp3) is 0.0849. The molecule has 34 heteroatoms. The number of thiazole rings is 4. The Labute approximate surface area is 814 Å². The van der Waals surface area contributed by atoms with Gasteiger partial charge in [0.25, 0.3) is 0 Å². The van der Waals surface area contributed by atoms with Gasteiger partial charge in [-0.05, 0) is 232 Å². The van der Waals surface area contributed by atoms with Gasteiger partial charge >= 0.3 is 0 Å². The van der Waals surface area contributed by atoms with Crippen LogP contribution in [0.15, 0.2) is 324 Å². The number of anilines is 10. The topological polar surface area (TPSA) is 382 Å². The molecule has 20 heterocycles. The lowest BCUT2D eigenvalue weighted by Crippen LogP contribution is -2.00. The predicted octanol–water partition coefficient (Wildman–Crippen LogP) is 25.0. The van der Waals surface area contributed by atoms with Crippen molar-refractivity contribution >= 4 is 210 Å². The van der Waals surface area contributed by atoms with Gasteiger partial charge in [0.1, 0.15) is 23.3 Å². The maximum Gasteiger partial charge on any atom is 0.165 e. The zero-order valence-electron chi connectivity index (χ0n) is 75.2. The average molecular weight is 1900 g/mol. The van der Waals surface area contributed by atoms with E-state index in [4.69, 9.17) is 29.9 Å². The molecule has 20 aromatic heterocycles. The molecular weight excluding hydrogens is 1820 g/mol. The summed E-state index contributed by atoms with van der Waals surface area (Å²) in [6.07, 6.45) is 34.9. The van der Waals surface area contributed by atoms with E-state index in [1.165, 1.54) is 22.5 Å². The zero-order valence-corrected chi connectivity index (χ0v) is 78.5. The highest BCUT2D eigenvalue weighted by atomic mass is 32.1. The lowest BCUT2D eigenvalue weighted by molar-refractivity contribution is 0.857. The summed E-state index contributed by atoms with van der Waals surface area (Å²) in [4.78, 5) is 112. The Morgan fingerprint density at radius 1 is 0.293 bits per heavy atom. The molecule has 0 saturated heterocycles. The van der Waals surface area contributed by atoms with E-state index >= 15 is 0 Å². The van der Waals surface area contributed by atoms with Crippen molar-refractivity contribution in [3.63, 3.8) is 0 Å². The van der Waals surface area contributed by atoms with E-state index in [0.29, 0.717) is 69.4 Å². The average Bonchev–Trinajstić information content (AvgIpc) is 1.39. The third-order valence-electron chi connectivity index (χ3n) is 22.5. The second kappa shape index (κ2) is 39.7. The quantitative estimate of drug-likeness (QED) is 0.0532. The molecule has 26 rings (SSSR count). The molecule has 676 valence electrons. The molecule has 0 radical (unpaired) electrons. The lowest BCUT2D eigenvalue weighted by Gasteiger charge is -2.11. The van der Waals surface area contributed by atoms with Crippen molar-refractivity contribution in [2.75, 3.05) is 26.6 Å². The molecule has 0 amide bonds. The van der Waals surface area contributed by atoms with Crippen molar-refractivity contribution in [1.82, 2.24) is 125 Å². The summed E-state index contributed by atoms with van der Waals surface area (Å²) in [5, 5.41) is 27.3. The summed E-state index contributed by atoms with van der Waals surface area (Å²) in [6.45, 7) is 8.47. The monoisotopic (exact) mass is 1900 g/mol. The van der Waals surface area contributed by atoms with Gasteiger partial charge in [-0.15, -0.1) is 45.3 Å². The van der Waals surface area contributed by atoms with Crippen LogP contribution in [-0.2, 0) is 6.42 Å². The van der Waals surface area contributed by atoms with Crippen LogP contribution < -0.4 is 26.6 Å². The van der Waals surface area contributed by atoms with Gasteiger partial charge in [0, 0.05) is 185 Å². The second-order valence-corrected chi connectivity index (χ2v) is 37.0. The number of nitrogens with one attached hydrogen (secondary N) is 5. The van der Waals surface area contributed by atoms with Crippen molar-refractivity contribution in [3.05, 3.63) is 344 Å². The molecule has 1 fully saturated rings. The largest absolute Gasteiger partial charge is 0.355 e. The Bertz CT molecular complexity index is 8810. The summed E-state index contributed by atoms with van der Waals surface area (Å²) in [7, 11) is 0. The van der Waals surface area contributed by atoms with Crippen molar-refractivity contribution in [1.29, 1.82) is 0 Å². The minimum atomic E-state index is 0.420. The molecule has 0 aliphatic heterocycles. The van der Waals surface area contributed by atoms with Crippen molar-refractivity contribution in [2.45, 2.75) is 58.8 Å². The minimum absolute atomic E-state index is 0.420. The molecule has 0 bridgehead atoms. The van der Waals surface area contributed by atoms with Crippen LogP contribution in [0.4, 0.5) is 57.4 Å².